The van der Waals surface area contributed by atoms with Crippen LogP contribution in [0.3, 0.4) is 0 Å². The molecule has 0 amide bonds. The maximum absolute atomic E-state index is 11.1. The van der Waals surface area contributed by atoms with Gasteiger partial charge >= 0.3 is 5.97 Å². The second-order valence-corrected chi connectivity index (χ2v) is 4.98. The van der Waals surface area contributed by atoms with Crippen molar-refractivity contribution in [3.05, 3.63) is 0 Å². The van der Waals surface area contributed by atoms with Crippen LogP contribution < -0.4 is 0 Å². The Labute approximate surface area is 93.6 Å². The van der Waals surface area contributed by atoms with Crippen molar-refractivity contribution in [1.82, 2.24) is 0 Å². The quantitative estimate of drug-likeness (QED) is 0.596. The summed E-state index contributed by atoms with van der Waals surface area (Å²) in [6.45, 7) is 3.70. The molecule has 0 aromatic rings. The predicted molar refractivity (Wildman–Crippen MR) is 54.4 cm³/mol. The maximum Gasteiger partial charge on any atom is 0.307 e. The molecule has 3 unspecified atom stereocenters. The number of ether oxygens (including phenoxy) is 1. The van der Waals surface area contributed by atoms with Gasteiger partial charge in [0.1, 0.15) is 0 Å². The van der Waals surface area contributed by atoms with Crippen LogP contribution in [-0.2, 0) is 14.3 Å². The Bertz CT molecular complexity index is 264. The van der Waals surface area contributed by atoms with Crippen molar-refractivity contribution >= 4 is 24.0 Å². The van der Waals surface area contributed by atoms with Crippen molar-refractivity contribution in [2.24, 2.45) is 17.8 Å². The predicted octanol–water partition coefficient (Wildman–Crippen LogP) is 1.86. The summed E-state index contributed by atoms with van der Waals surface area (Å²) in [5.41, 5.74) is 0. The summed E-state index contributed by atoms with van der Waals surface area (Å²) in [5.74, 6) is -1.66. The first kappa shape index (κ1) is 12.3. The van der Waals surface area contributed by atoms with E-state index in [2.05, 4.69) is 0 Å². The maximum atomic E-state index is 11.1. The van der Waals surface area contributed by atoms with Gasteiger partial charge in [-0.3, -0.25) is 9.59 Å². The minimum Gasteiger partial charge on any atom is -0.481 e. The monoisotopic (exact) mass is 234 g/mol. The van der Waals surface area contributed by atoms with E-state index in [1.54, 1.807) is 6.92 Å². The molecule has 15 heavy (non-hydrogen) atoms. The van der Waals surface area contributed by atoms with Crippen LogP contribution in [0.25, 0.3) is 0 Å². The first-order valence-electron chi connectivity index (χ1n) is 4.93. The fraction of sp³-hybridized carbons (Fsp3) is 0.800. The fourth-order valence-corrected chi connectivity index (χ4v) is 2.65. The Morgan fingerprint density at radius 2 is 2.20 bits per heavy atom. The van der Waals surface area contributed by atoms with E-state index in [0.717, 1.165) is 6.42 Å². The molecule has 1 fully saturated rings. The third kappa shape index (κ3) is 2.43. The van der Waals surface area contributed by atoms with E-state index in [1.165, 1.54) is 0 Å². The minimum atomic E-state index is -1.21. The summed E-state index contributed by atoms with van der Waals surface area (Å²) >= 11 is 6.03. The Morgan fingerprint density at radius 3 is 2.67 bits per heavy atom. The molecule has 1 aliphatic carbocycles. The minimum absolute atomic E-state index is 0.0702. The lowest BCUT2D eigenvalue weighted by Gasteiger charge is -2.30. The lowest BCUT2D eigenvalue weighted by molar-refractivity contribution is -0.151. The molecule has 5 heteroatoms. The molecular formula is C10H15ClO4. The third-order valence-corrected chi connectivity index (χ3v) is 3.57. The van der Waals surface area contributed by atoms with Crippen LogP contribution >= 0.6 is 11.6 Å². The van der Waals surface area contributed by atoms with Gasteiger partial charge in [0.25, 0.3) is 6.47 Å². The van der Waals surface area contributed by atoms with Crippen LogP contribution in [-0.4, -0.2) is 22.6 Å². The van der Waals surface area contributed by atoms with Gasteiger partial charge in [-0.05, 0) is 25.7 Å². The average Bonchev–Trinajstić information content (AvgIpc) is 2.47. The number of carbonyl (C=O) groups excluding carboxylic acids is 1. The lowest BCUT2D eigenvalue weighted by Crippen LogP contribution is -2.38. The zero-order valence-corrected chi connectivity index (χ0v) is 9.53. The van der Waals surface area contributed by atoms with E-state index < -0.39 is 16.9 Å². The summed E-state index contributed by atoms with van der Waals surface area (Å²) in [4.78, 5) is 21.4. The van der Waals surface area contributed by atoms with Crippen LogP contribution in [0.4, 0.5) is 0 Å². The molecule has 0 aromatic heterocycles. The van der Waals surface area contributed by atoms with E-state index in [0.29, 0.717) is 6.42 Å². The van der Waals surface area contributed by atoms with Crippen molar-refractivity contribution in [3.8, 4) is 0 Å². The summed E-state index contributed by atoms with van der Waals surface area (Å²) in [7, 11) is 0. The van der Waals surface area contributed by atoms with E-state index in [-0.39, 0.29) is 18.3 Å². The number of aliphatic carboxylic acids is 1. The van der Waals surface area contributed by atoms with Crippen LogP contribution in [0.5, 0.6) is 0 Å². The molecule has 86 valence electrons. The van der Waals surface area contributed by atoms with Crippen LogP contribution in [0, 0.1) is 17.8 Å². The number of alkyl halides is 1. The highest BCUT2D eigenvalue weighted by atomic mass is 35.5. The van der Waals surface area contributed by atoms with Crippen molar-refractivity contribution in [3.63, 3.8) is 0 Å². The number of halogens is 1. The number of hydrogen-bond acceptors (Lipinski definition) is 3. The highest BCUT2D eigenvalue weighted by molar-refractivity contribution is 6.23. The molecule has 4 nitrogen and oxygen atoms in total. The molecule has 4 atom stereocenters. The molecule has 0 spiro atoms. The average molecular weight is 235 g/mol. The van der Waals surface area contributed by atoms with E-state index in [1.807, 2.05) is 6.92 Å². The summed E-state index contributed by atoms with van der Waals surface area (Å²) < 4.78 is 4.76. The van der Waals surface area contributed by atoms with Crippen molar-refractivity contribution in [2.45, 2.75) is 31.7 Å². The Hall–Kier alpha value is -0.770. The largest absolute Gasteiger partial charge is 0.481 e. The van der Waals surface area contributed by atoms with Gasteiger partial charge in [0, 0.05) is 5.92 Å². The topological polar surface area (TPSA) is 63.6 Å². The SMILES string of the molecule is CC1CCC([C@@](C)(Cl)OC=O)C1C(=O)O. The highest BCUT2D eigenvalue weighted by Crippen LogP contribution is 2.45. The molecule has 1 N–H and O–H groups in total. The standard InChI is InChI=1S/C10H15ClO4/c1-6-3-4-7(8(6)9(13)14)10(2,11)15-5-12/h5-8H,3-4H2,1-2H3,(H,13,14)/t6?,7?,8?,10-/m0/s1. The van der Waals surface area contributed by atoms with E-state index in [9.17, 15) is 9.59 Å². The molecule has 1 aliphatic rings. The fourth-order valence-electron chi connectivity index (χ4n) is 2.37. The second-order valence-electron chi connectivity index (χ2n) is 4.23. The van der Waals surface area contributed by atoms with Crippen molar-refractivity contribution in [2.75, 3.05) is 0 Å². The Balaban J connectivity index is 2.85. The normalized spacial score (nSPS) is 34.5. The number of rotatable bonds is 4. The number of hydrogen-bond donors (Lipinski definition) is 1. The van der Waals surface area contributed by atoms with Gasteiger partial charge < -0.3 is 9.84 Å². The molecule has 0 saturated heterocycles. The summed E-state index contributed by atoms with van der Waals surface area (Å²) in [6, 6.07) is 0. The van der Waals surface area contributed by atoms with Crippen LogP contribution in [0.2, 0.25) is 0 Å². The summed E-state index contributed by atoms with van der Waals surface area (Å²) in [6.07, 6.45) is 1.47. The number of carboxylic acids is 1. The van der Waals surface area contributed by atoms with Gasteiger partial charge in [-0.25, -0.2) is 0 Å². The molecular weight excluding hydrogens is 220 g/mol. The molecule has 0 aromatic carbocycles. The van der Waals surface area contributed by atoms with Gasteiger partial charge in [0.2, 0.25) is 0 Å². The van der Waals surface area contributed by atoms with E-state index in [4.69, 9.17) is 21.4 Å². The summed E-state index contributed by atoms with van der Waals surface area (Å²) in [5, 5.41) is 7.87. The molecule has 0 bridgehead atoms. The lowest BCUT2D eigenvalue weighted by atomic mass is 9.87. The molecule has 1 rings (SSSR count). The molecule has 0 aliphatic heterocycles. The number of carbonyl (C=O) groups is 2. The zero-order chi connectivity index (χ0) is 11.6. The van der Waals surface area contributed by atoms with Gasteiger partial charge in [-0.1, -0.05) is 18.5 Å². The Kier molecular flexibility index (Phi) is 3.60. The van der Waals surface area contributed by atoms with E-state index >= 15 is 0 Å². The van der Waals surface area contributed by atoms with Gasteiger partial charge in [-0.15, -0.1) is 0 Å². The zero-order valence-electron chi connectivity index (χ0n) is 8.77. The third-order valence-electron chi connectivity index (χ3n) is 3.21. The smallest absolute Gasteiger partial charge is 0.307 e. The molecule has 0 radical (unpaired) electrons. The molecule has 1 saturated carbocycles. The Morgan fingerprint density at radius 1 is 1.60 bits per heavy atom. The van der Waals surface area contributed by atoms with Crippen molar-refractivity contribution in [1.29, 1.82) is 0 Å². The first-order valence-corrected chi connectivity index (χ1v) is 5.31. The van der Waals surface area contributed by atoms with Crippen molar-refractivity contribution < 1.29 is 19.4 Å². The molecule has 0 heterocycles. The highest BCUT2D eigenvalue weighted by Gasteiger charge is 2.48. The van der Waals surface area contributed by atoms with Crippen LogP contribution in [0.1, 0.15) is 26.7 Å². The van der Waals surface area contributed by atoms with Gasteiger partial charge in [-0.2, -0.15) is 0 Å². The first-order chi connectivity index (χ1) is 6.90. The second kappa shape index (κ2) is 4.39. The van der Waals surface area contributed by atoms with Gasteiger partial charge in [0.05, 0.1) is 5.92 Å². The number of carboxylic acid groups (broad SMARTS) is 1. The van der Waals surface area contributed by atoms with Gasteiger partial charge in [0.15, 0.2) is 5.06 Å². The van der Waals surface area contributed by atoms with Crippen LogP contribution in [0.15, 0.2) is 0 Å².